The van der Waals surface area contributed by atoms with Gasteiger partial charge in [-0.1, -0.05) is 30.1 Å². The summed E-state index contributed by atoms with van der Waals surface area (Å²) >= 11 is 12.7. The quantitative estimate of drug-likeness (QED) is 0.914. The van der Waals surface area contributed by atoms with Crippen LogP contribution in [0, 0.1) is 0 Å². The van der Waals surface area contributed by atoms with Crippen LogP contribution >= 0.6 is 23.2 Å². The van der Waals surface area contributed by atoms with E-state index in [4.69, 9.17) is 27.9 Å². The molecule has 2 atom stereocenters. The summed E-state index contributed by atoms with van der Waals surface area (Å²) in [6.07, 6.45) is 1.82. The van der Waals surface area contributed by atoms with Gasteiger partial charge in [-0.15, -0.1) is 0 Å². The number of amides is 1. The third-order valence-corrected chi connectivity index (χ3v) is 5.17. The molecule has 2 aliphatic rings. The Bertz CT molecular complexity index is 580. The zero-order valence-corrected chi connectivity index (χ0v) is 14.1. The first kappa shape index (κ1) is 15.9. The van der Waals surface area contributed by atoms with Crippen LogP contribution in [0.15, 0.2) is 12.1 Å². The molecule has 22 heavy (non-hydrogen) atoms. The number of nitrogens with one attached hydrogen (secondary N) is 1. The molecule has 1 amide bonds. The number of carbonyl (C=O) groups is 1. The third-order valence-electron chi connectivity index (χ3n) is 4.35. The molecule has 0 unspecified atom stereocenters. The van der Waals surface area contributed by atoms with Gasteiger partial charge in [0.25, 0.3) is 0 Å². The summed E-state index contributed by atoms with van der Waals surface area (Å²) in [5.74, 6) is 1.13. The first-order valence-electron chi connectivity index (χ1n) is 7.72. The molecule has 4 nitrogen and oxygen atoms in total. The second kappa shape index (κ2) is 6.65. The monoisotopic (exact) mass is 342 g/mol. The van der Waals surface area contributed by atoms with Gasteiger partial charge < -0.3 is 15.0 Å². The molecule has 1 N–H and O–H groups in total. The fraction of sp³-hybridized carbons (Fsp3) is 0.562. The van der Waals surface area contributed by atoms with Crippen molar-refractivity contribution in [1.82, 2.24) is 10.2 Å². The highest BCUT2D eigenvalue weighted by atomic mass is 35.5. The van der Waals surface area contributed by atoms with Crippen molar-refractivity contribution in [3.05, 3.63) is 27.7 Å². The van der Waals surface area contributed by atoms with Crippen molar-refractivity contribution in [3.8, 4) is 5.75 Å². The molecule has 2 fully saturated rings. The van der Waals surface area contributed by atoms with Gasteiger partial charge in [0.15, 0.2) is 0 Å². The number of carbonyl (C=O) groups excluding carboxylic acids is 1. The summed E-state index contributed by atoms with van der Waals surface area (Å²) in [6, 6.07) is 3.89. The highest BCUT2D eigenvalue weighted by Gasteiger charge is 2.39. The molecule has 1 aromatic rings. The standard InChI is InChI=1S/C16H20Cl2N2O2/c1-2-5-22-13-4-3-12(17)16(18)15(13)10-6-11-7-19-8-14(21)20(11)9-10/h3-4,10-11,19H,2,5-9H2,1H3/t10-,11-/m0/s1. The Balaban J connectivity index is 1.90. The van der Waals surface area contributed by atoms with Gasteiger partial charge in [0, 0.05) is 30.6 Å². The number of piperazine rings is 1. The lowest BCUT2D eigenvalue weighted by Crippen LogP contribution is -2.51. The molecule has 2 saturated heterocycles. The summed E-state index contributed by atoms with van der Waals surface area (Å²) in [5, 5.41) is 4.26. The Labute approximate surface area is 140 Å². The Hall–Kier alpha value is -0.970. The third kappa shape index (κ3) is 2.92. The van der Waals surface area contributed by atoms with E-state index in [0.29, 0.717) is 29.7 Å². The Kier molecular flexibility index (Phi) is 4.81. The number of hydrogen-bond donors (Lipinski definition) is 1. The van der Waals surface area contributed by atoms with E-state index >= 15 is 0 Å². The summed E-state index contributed by atoms with van der Waals surface area (Å²) in [5.41, 5.74) is 0.949. The minimum atomic E-state index is 0.160. The average Bonchev–Trinajstić information content (AvgIpc) is 2.93. The highest BCUT2D eigenvalue weighted by molar-refractivity contribution is 6.42. The van der Waals surface area contributed by atoms with Crippen LogP contribution in [-0.4, -0.2) is 43.1 Å². The van der Waals surface area contributed by atoms with Crippen molar-refractivity contribution in [1.29, 1.82) is 0 Å². The Morgan fingerprint density at radius 3 is 2.95 bits per heavy atom. The zero-order chi connectivity index (χ0) is 15.7. The Morgan fingerprint density at radius 2 is 2.23 bits per heavy atom. The van der Waals surface area contributed by atoms with Gasteiger partial charge in [-0.25, -0.2) is 0 Å². The van der Waals surface area contributed by atoms with Gasteiger partial charge in [0.05, 0.1) is 23.2 Å². The van der Waals surface area contributed by atoms with Crippen molar-refractivity contribution in [2.75, 3.05) is 26.2 Å². The number of benzene rings is 1. The summed E-state index contributed by atoms with van der Waals surface area (Å²) in [6.45, 7) is 4.66. The van der Waals surface area contributed by atoms with E-state index in [1.807, 2.05) is 11.0 Å². The van der Waals surface area contributed by atoms with Crippen LogP contribution in [0.1, 0.15) is 31.2 Å². The van der Waals surface area contributed by atoms with E-state index in [-0.39, 0.29) is 17.9 Å². The van der Waals surface area contributed by atoms with E-state index in [2.05, 4.69) is 12.2 Å². The van der Waals surface area contributed by atoms with Gasteiger partial charge in [0.1, 0.15) is 5.75 Å². The van der Waals surface area contributed by atoms with E-state index in [0.717, 1.165) is 30.7 Å². The molecule has 0 spiro atoms. The minimum absolute atomic E-state index is 0.160. The zero-order valence-electron chi connectivity index (χ0n) is 12.6. The van der Waals surface area contributed by atoms with Gasteiger partial charge in [0.2, 0.25) is 5.91 Å². The molecular weight excluding hydrogens is 323 g/mol. The van der Waals surface area contributed by atoms with Crippen molar-refractivity contribution < 1.29 is 9.53 Å². The largest absolute Gasteiger partial charge is 0.493 e. The smallest absolute Gasteiger partial charge is 0.236 e. The maximum atomic E-state index is 12.0. The maximum Gasteiger partial charge on any atom is 0.236 e. The van der Waals surface area contributed by atoms with Crippen LogP contribution in [0.2, 0.25) is 10.0 Å². The molecule has 0 radical (unpaired) electrons. The second-order valence-electron chi connectivity index (χ2n) is 5.89. The van der Waals surface area contributed by atoms with Gasteiger partial charge >= 0.3 is 0 Å². The van der Waals surface area contributed by atoms with Crippen LogP contribution in [0.3, 0.4) is 0 Å². The summed E-state index contributed by atoms with van der Waals surface area (Å²) in [7, 11) is 0. The SMILES string of the molecule is CCCOc1ccc(Cl)c(Cl)c1[C@H]1C[C@H]2CNCC(=O)N2C1. The normalized spacial score (nSPS) is 24.5. The molecule has 1 aromatic carbocycles. The van der Waals surface area contributed by atoms with Crippen LogP contribution in [-0.2, 0) is 4.79 Å². The van der Waals surface area contributed by atoms with Crippen LogP contribution in [0.4, 0.5) is 0 Å². The maximum absolute atomic E-state index is 12.0. The summed E-state index contributed by atoms with van der Waals surface area (Å²) < 4.78 is 5.85. The van der Waals surface area contributed by atoms with Crippen molar-refractivity contribution in [3.63, 3.8) is 0 Å². The molecule has 120 valence electrons. The minimum Gasteiger partial charge on any atom is -0.493 e. The molecule has 2 heterocycles. The van der Waals surface area contributed by atoms with Crippen molar-refractivity contribution in [2.24, 2.45) is 0 Å². The molecule has 2 aliphatic heterocycles. The van der Waals surface area contributed by atoms with Crippen LogP contribution in [0.5, 0.6) is 5.75 Å². The van der Waals surface area contributed by atoms with Gasteiger partial charge in [-0.2, -0.15) is 0 Å². The summed E-state index contributed by atoms with van der Waals surface area (Å²) in [4.78, 5) is 14.0. The number of rotatable bonds is 4. The molecule has 0 aliphatic carbocycles. The van der Waals surface area contributed by atoms with Crippen molar-refractivity contribution >= 4 is 29.1 Å². The number of ether oxygens (including phenoxy) is 1. The number of fused-ring (bicyclic) bond motifs is 1. The fourth-order valence-electron chi connectivity index (χ4n) is 3.34. The fourth-order valence-corrected chi connectivity index (χ4v) is 3.81. The average molecular weight is 343 g/mol. The molecule has 0 aromatic heterocycles. The lowest BCUT2D eigenvalue weighted by atomic mass is 9.95. The van der Waals surface area contributed by atoms with E-state index in [1.165, 1.54) is 0 Å². The topological polar surface area (TPSA) is 41.6 Å². The van der Waals surface area contributed by atoms with Crippen molar-refractivity contribution in [2.45, 2.75) is 31.7 Å². The molecule has 6 heteroatoms. The first-order chi connectivity index (χ1) is 10.6. The highest BCUT2D eigenvalue weighted by Crippen LogP contribution is 2.43. The lowest BCUT2D eigenvalue weighted by molar-refractivity contribution is -0.133. The van der Waals surface area contributed by atoms with E-state index < -0.39 is 0 Å². The van der Waals surface area contributed by atoms with Gasteiger partial charge in [-0.05, 0) is 25.0 Å². The number of hydrogen-bond acceptors (Lipinski definition) is 3. The van der Waals surface area contributed by atoms with Crippen LogP contribution < -0.4 is 10.1 Å². The van der Waals surface area contributed by atoms with E-state index in [1.54, 1.807) is 6.07 Å². The molecule has 3 rings (SSSR count). The molecule has 0 bridgehead atoms. The van der Waals surface area contributed by atoms with Gasteiger partial charge in [-0.3, -0.25) is 4.79 Å². The Morgan fingerprint density at radius 1 is 1.41 bits per heavy atom. The first-order valence-corrected chi connectivity index (χ1v) is 8.48. The lowest BCUT2D eigenvalue weighted by Gasteiger charge is -2.29. The predicted molar refractivity (Wildman–Crippen MR) is 88.0 cm³/mol. The number of halogens is 2. The predicted octanol–water partition coefficient (Wildman–Crippen LogP) is 3.07. The molecular formula is C16H20Cl2N2O2. The second-order valence-corrected chi connectivity index (χ2v) is 6.67. The number of nitrogens with zero attached hydrogens (tertiary/aromatic N) is 1. The van der Waals surface area contributed by atoms with E-state index in [9.17, 15) is 4.79 Å². The molecule has 0 saturated carbocycles. The van der Waals surface area contributed by atoms with Crippen LogP contribution in [0.25, 0.3) is 0 Å².